The molecule has 0 saturated carbocycles. The van der Waals surface area contributed by atoms with Gasteiger partial charge in [-0.3, -0.25) is 4.79 Å². The fraction of sp³-hybridized carbons (Fsp3) is 0.278. The van der Waals surface area contributed by atoms with Crippen molar-refractivity contribution in [2.45, 2.75) is 32.9 Å². The Hall–Kier alpha value is -2.48. The predicted octanol–water partition coefficient (Wildman–Crippen LogP) is 4.02. The first-order chi connectivity index (χ1) is 12.2. The Labute approximate surface area is 158 Å². The summed E-state index contributed by atoms with van der Waals surface area (Å²) < 4.78 is 20.8. The van der Waals surface area contributed by atoms with E-state index in [1.54, 1.807) is 35.0 Å². The van der Waals surface area contributed by atoms with Crippen LogP contribution in [0.3, 0.4) is 0 Å². The molecule has 3 rings (SSSR count). The zero-order valence-corrected chi connectivity index (χ0v) is 16.2. The lowest BCUT2D eigenvalue weighted by molar-refractivity contribution is -0.123. The molecular weight excluding hydrogens is 403 g/mol. The number of halogens is 2. The molecule has 3 aromatic rings. The van der Waals surface area contributed by atoms with Crippen LogP contribution in [0.1, 0.15) is 20.8 Å². The maximum absolute atomic E-state index is 13.4. The van der Waals surface area contributed by atoms with Gasteiger partial charge in [-0.05, 0) is 67.0 Å². The van der Waals surface area contributed by atoms with Crippen molar-refractivity contribution >= 4 is 21.8 Å². The Morgan fingerprint density at radius 2 is 2.12 bits per heavy atom. The Kier molecular flexibility index (Phi) is 4.95. The minimum atomic E-state index is -0.365. The largest absolute Gasteiger partial charge is 0.350 e. The third-order valence-corrected chi connectivity index (χ3v) is 4.09. The number of aromatic nitrogens is 3. The first-order valence-electron chi connectivity index (χ1n) is 7.98. The van der Waals surface area contributed by atoms with Crippen molar-refractivity contribution in [3.8, 4) is 23.0 Å². The van der Waals surface area contributed by atoms with Crippen LogP contribution in [0.4, 0.5) is 4.39 Å². The number of nitrogens with zero attached hydrogens (tertiary/aromatic N) is 3. The molecular formula is C18H18BrFN4O2. The number of carbonyl (C=O) groups excluding carboxylic acids is 1. The molecule has 0 aliphatic heterocycles. The topological polar surface area (TPSA) is 73.0 Å². The van der Waals surface area contributed by atoms with Crippen LogP contribution in [0.5, 0.6) is 0 Å². The van der Waals surface area contributed by atoms with Crippen LogP contribution in [0.15, 0.2) is 45.5 Å². The van der Waals surface area contributed by atoms with Gasteiger partial charge < -0.3 is 14.4 Å². The molecule has 2 heterocycles. The van der Waals surface area contributed by atoms with Gasteiger partial charge in [0.15, 0.2) is 0 Å². The third-order valence-electron chi connectivity index (χ3n) is 3.48. The van der Waals surface area contributed by atoms with E-state index in [1.807, 2.05) is 20.8 Å². The zero-order valence-electron chi connectivity index (χ0n) is 14.6. The molecule has 1 N–H and O–H groups in total. The molecule has 1 amide bonds. The first-order valence-corrected chi connectivity index (χ1v) is 8.78. The molecule has 6 nitrogen and oxygen atoms in total. The average Bonchev–Trinajstić information content (AvgIpc) is 3.16. The van der Waals surface area contributed by atoms with E-state index in [4.69, 9.17) is 4.52 Å². The van der Waals surface area contributed by atoms with Gasteiger partial charge in [-0.15, -0.1) is 0 Å². The number of hydrogen-bond donors (Lipinski definition) is 1. The molecule has 0 atom stereocenters. The summed E-state index contributed by atoms with van der Waals surface area (Å²) in [6.07, 6.45) is 1.77. The second kappa shape index (κ2) is 7.03. The number of nitrogens with one attached hydrogen (secondary N) is 1. The van der Waals surface area contributed by atoms with Gasteiger partial charge in [0.2, 0.25) is 11.7 Å². The summed E-state index contributed by atoms with van der Waals surface area (Å²) in [6.45, 7) is 5.91. The summed E-state index contributed by atoms with van der Waals surface area (Å²) in [5.74, 6) is 0.148. The van der Waals surface area contributed by atoms with Crippen molar-refractivity contribution in [3.05, 3.63) is 46.8 Å². The van der Waals surface area contributed by atoms with Crippen LogP contribution in [0.25, 0.3) is 23.0 Å². The van der Waals surface area contributed by atoms with Gasteiger partial charge in [-0.2, -0.15) is 4.98 Å². The monoisotopic (exact) mass is 420 g/mol. The lowest BCUT2D eigenvalue weighted by atomic mass is 10.1. The smallest absolute Gasteiger partial charge is 0.274 e. The SMILES string of the molecule is CC(C)(C)NC(=O)Cn1cccc1-c1nc(-c2ccc(F)c(Br)c2)no1. The van der Waals surface area contributed by atoms with Crippen molar-refractivity contribution in [3.63, 3.8) is 0 Å². The first kappa shape index (κ1) is 18.3. The Morgan fingerprint density at radius 1 is 1.35 bits per heavy atom. The molecule has 0 radical (unpaired) electrons. The molecule has 0 saturated heterocycles. The van der Waals surface area contributed by atoms with Crippen molar-refractivity contribution in [2.24, 2.45) is 0 Å². The summed E-state index contributed by atoms with van der Waals surface area (Å²) in [6, 6.07) is 8.08. The highest BCUT2D eigenvalue weighted by Gasteiger charge is 2.18. The molecule has 8 heteroatoms. The fourth-order valence-corrected chi connectivity index (χ4v) is 2.82. The Bertz CT molecular complexity index is 943. The van der Waals surface area contributed by atoms with E-state index in [-0.39, 0.29) is 29.7 Å². The van der Waals surface area contributed by atoms with Crippen molar-refractivity contribution in [1.82, 2.24) is 20.0 Å². The van der Waals surface area contributed by atoms with E-state index in [0.29, 0.717) is 21.6 Å². The van der Waals surface area contributed by atoms with Crippen LogP contribution in [0.2, 0.25) is 0 Å². The normalized spacial score (nSPS) is 11.6. The number of hydrogen-bond acceptors (Lipinski definition) is 4. The number of amides is 1. The summed E-state index contributed by atoms with van der Waals surface area (Å²) >= 11 is 3.14. The zero-order chi connectivity index (χ0) is 18.9. The molecule has 26 heavy (non-hydrogen) atoms. The minimum absolute atomic E-state index is 0.114. The molecule has 2 aromatic heterocycles. The van der Waals surface area contributed by atoms with Gasteiger partial charge >= 0.3 is 0 Å². The fourth-order valence-electron chi connectivity index (χ4n) is 2.44. The van der Waals surface area contributed by atoms with E-state index in [0.717, 1.165) is 0 Å². The Morgan fingerprint density at radius 3 is 2.81 bits per heavy atom. The van der Waals surface area contributed by atoms with E-state index in [9.17, 15) is 9.18 Å². The highest BCUT2D eigenvalue weighted by Crippen LogP contribution is 2.26. The second-order valence-electron chi connectivity index (χ2n) is 6.87. The third kappa shape index (κ3) is 4.19. The van der Waals surface area contributed by atoms with Crippen LogP contribution < -0.4 is 5.32 Å². The van der Waals surface area contributed by atoms with Gasteiger partial charge in [-0.25, -0.2) is 4.39 Å². The summed E-state index contributed by atoms with van der Waals surface area (Å²) in [4.78, 5) is 16.5. The summed E-state index contributed by atoms with van der Waals surface area (Å²) in [7, 11) is 0. The lowest BCUT2D eigenvalue weighted by Gasteiger charge is -2.20. The summed E-state index contributed by atoms with van der Waals surface area (Å²) in [5, 5.41) is 6.86. The van der Waals surface area contributed by atoms with Crippen molar-refractivity contribution < 1.29 is 13.7 Å². The van der Waals surface area contributed by atoms with Crippen LogP contribution in [-0.4, -0.2) is 26.2 Å². The van der Waals surface area contributed by atoms with Gasteiger partial charge in [0, 0.05) is 17.3 Å². The van der Waals surface area contributed by atoms with E-state index >= 15 is 0 Å². The molecule has 0 aliphatic rings. The molecule has 0 spiro atoms. The molecule has 0 aliphatic carbocycles. The average molecular weight is 421 g/mol. The van der Waals surface area contributed by atoms with E-state index in [1.165, 1.54) is 6.07 Å². The predicted molar refractivity (Wildman–Crippen MR) is 98.7 cm³/mol. The number of benzene rings is 1. The molecule has 136 valence electrons. The number of carbonyl (C=O) groups is 1. The van der Waals surface area contributed by atoms with Crippen LogP contribution in [-0.2, 0) is 11.3 Å². The molecule has 1 aromatic carbocycles. The molecule has 0 bridgehead atoms. The Balaban J connectivity index is 1.83. The quantitative estimate of drug-likeness (QED) is 0.691. The van der Waals surface area contributed by atoms with Crippen molar-refractivity contribution in [1.29, 1.82) is 0 Å². The second-order valence-corrected chi connectivity index (χ2v) is 7.73. The molecule has 0 fully saturated rings. The standard InChI is InChI=1S/C18H18BrFN4O2/c1-18(2,3)22-15(25)10-24-8-4-5-14(24)17-21-16(23-26-17)11-6-7-13(20)12(19)9-11/h4-9H,10H2,1-3H3,(H,22,25). The maximum Gasteiger partial charge on any atom is 0.274 e. The lowest BCUT2D eigenvalue weighted by Crippen LogP contribution is -2.42. The van der Waals surface area contributed by atoms with E-state index in [2.05, 4.69) is 31.4 Å². The highest BCUT2D eigenvalue weighted by molar-refractivity contribution is 9.10. The number of rotatable bonds is 4. The van der Waals surface area contributed by atoms with Gasteiger partial charge in [-0.1, -0.05) is 5.16 Å². The summed E-state index contributed by atoms with van der Waals surface area (Å²) in [5.41, 5.74) is 0.948. The minimum Gasteiger partial charge on any atom is -0.350 e. The van der Waals surface area contributed by atoms with Crippen molar-refractivity contribution in [2.75, 3.05) is 0 Å². The van der Waals surface area contributed by atoms with Gasteiger partial charge in [0.25, 0.3) is 5.89 Å². The molecule has 0 unspecified atom stereocenters. The van der Waals surface area contributed by atoms with Gasteiger partial charge in [0.1, 0.15) is 18.1 Å². The van der Waals surface area contributed by atoms with Crippen LogP contribution in [0, 0.1) is 5.82 Å². The van der Waals surface area contributed by atoms with E-state index < -0.39 is 0 Å². The maximum atomic E-state index is 13.4. The highest BCUT2D eigenvalue weighted by atomic mass is 79.9. The van der Waals surface area contributed by atoms with Gasteiger partial charge in [0.05, 0.1) is 4.47 Å². The van der Waals surface area contributed by atoms with Crippen LogP contribution >= 0.6 is 15.9 Å².